The first-order valence-corrected chi connectivity index (χ1v) is 7.82. The molecule has 2 aromatic carbocycles. The molecule has 6 heteroatoms. The zero-order valence-corrected chi connectivity index (χ0v) is 13.8. The molecule has 4 nitrogen and oxygen atoms in total. The summed E-state index contributed by atoms with van der Waals surface area (Å²) >= 11 is 0. The quantitative estimate of drug-likeness (QED) is 0.781. The van der Waals surface area contributed by atoms with E-state index in [0.717, 1.165) is 17.4 Å². The van der Waals surface area contributed by atoms with E-state index in [4.69, 9.17) is 0 Å². The maximum Gasteiger partial charge on any atom is 0.251 e. The zero-order valence-electron chi connectivity index (χ0n) is 13.8. The van der Waals surface area contributed by atoms with Crippen molar-refractivity contribution in [1.82, 2.24) is 15.1 Å². The monoisotopic (exact) mass is 341 g/mol. The largest absolute Gasteiger partial charge is 0.345 e. The minimum atomic E-state index is -0.683. The summed E-state index contributed by atoms with van der Waals surface area (Å²) in [6.07, 6.45) is 1.70. The van der Waals surface area contributed by atoms with Crippen LogP contribution in [0.4, 0.5) is 8.78 Å². The van der Waals surface area contributed by atoms with E-state index in [9.17, 15) is 13.6 Å². The predicted molar refractivity (Wildman–Crippen MR) is 90.5 cm³/mol. The van der Waals surface area contributed by atoms with Gasteiger partial charge in [-0.05, 0) is 50.2 Å². The molecule has 3 rings (SSSR count). The molecule has 0 aliphatic carbocycles. The van der Waals surface area contributed by atoms with Crippen LogP contribution in [0.3, 0.4) is 0 Å². The molecule has 0 aliphatic heterocycles. The Bertz CT molecular complexity index is 903. The van der Waals surface area contributed by atoms with Crippen molar-refractivity contribution in [3.63, 3.8) is 0 Å². The maximum atomic E-state index is 13.8. The standard InChI is InChI=1S/C19H17F2N3O/c1-12-9-10-22-24(12)16-6-3-14(4-7-16)19(25)23-13(2)17-8-5-15(20)11-18(17)21/h3-11,13H,1-2H3,(H,23,25)/t13-/m0/s1. The van der Waals surface area contributed by atoms with Crippen molar-refractivity contribution in [2.75, 3.05) is 0 Å². The van der Waals surface area contributed by atoms with Gasteiger partial charge in [-0.1, -0.05) is 6.07 Å². The number of hydrogen-bond acceptors (Lipinski definition) is 2. The van der Waals surface area contributed by atoms with E-state index in [2.05, 4.69) is 10.4 Å². The van der Waals surface area contributed by atoms with E-state index < -0.39 is 17.7 Å². The van der Waals surface area contributed by atoms with Crippen molar-refractivity contribution < 1.29 is 13.6 Å². The van der Waals surface area contributed by atoms with E-state index in [1.54, 1.807) is 42.1 Å². The van der Waals surface area contributed by atoms with E-state index in [0.29, 0.717) is 5.56 Å². The van der Waals surface area contributed by atoms with Gasteiger partial charge in [0.1, 0.15) is 11.6 Å². The van der Waals surface area contributed by atoms with Crippen LogP contribution in [0, 0.1) is 18.6 Å². The van der Waals surface area contributed by atoms with Gasteiger partial charge in [-0.15, -0.1) is 0 Å². The first-order chi connectivity index (χ1) is 12.0. The van der Waals surface area contributed by atoms with Gasteiger partial charge in [-0.25, -0.2) is 13.5 Å². The van der Waals surface area contributed by atoms with Gasteiger partial charge in [0.2, 0.25) is 0 Å². The Morgan fingerprint density at radius 3 is 2.44 bits per heavy atom. The molecule has 1 N–H and O–H groups in total. The van der Waals surface area contributed by atoms with Crippen molar-refractivity contribution >= 4 is 5.91 Å². The van der Waals surface area contributed by atoms with Gasteiger partial charge in [0.25, 0.3) is 5.91 Å². The highest BCUT2D eigenvalue weighted by atomic mass is 19.1. The minimum absolute atomic E-state index is 0.235. The number of halogens is 2. The molecule has 128 valence electrons. The lowest BCUT2D eigenvalue weighted by molar-refractivity contribution is 0.0939. The zero-order chi connectivity index (χ0) is 18.0. The van der Waals surface area contributed by atoms with Crippen LogP contribution in [-0.4, -0.2) is 15.7 Å². The second kappa shape index (κ2) is 6.84. The Kier molecular flexibility index (Phi) is 4.61. The number of aromatic nitrogens is 2. The van der Waals surface area contributed by atoms with Crippen LogP contribution in [0.15, 0.2) is 54.7 Å². The highest BCUT2D eigenvalue weighted by Crippen LogP contribution is 2.18. The highest BCUT2D eigenvalue weighted by Gasteiger charge is 2.15. The van der Waals surface area contributed by atoms with Gasteiger partial charge in [0, 0.05) is 29.1 Å². The van der Waals surface area contributed by atoms with Crippen LogP contribution in [0.25, 0.3) is 5.69 Å². The second-order valence-corrected chi connectivity index (χ2v) is 5.79. The average Bonchev–Trinajstić information content (AvgIpc) is 3.00. The summed E-state index contributed by atoms with van der Waals surface area (Å²) in [7, 11) is 0. The van der Waals surface area contributed by atoms with Crippen molar-refractivity contribution in [3.8, 4) is 5.69 Å². The van der Waals surface area contributed by atoms with Crippen LogP contribution in [0.2, 0.25) is 0 Å². The third kappa shape index (κ3) is 3.57. The fraction of sp³-hybridized carbons (Fsp3) is 0.158. The summed E-state index contributed by atoms with van der Waals surface area (Å²) in [5.74, 6) is -1.67. The maximum absolute atomic E-state index is 13.8. The van der Waals surface area contributed by atoms with Gasteiger partial charge in [-0.2, -0.15) is 5.10 Å². The third-order valence-electron chi connectivity index (χ3n) is 3.98. The van der Waals surface area contributed by atoms with Gasteiger partial charge in [0.05, 0.1) is 11.7 Å². The lowest BCUT2D eigenvalue weighted by Gasteiger charge is -2.15. The molecule has 1 heterocycles. The van der Waals surface area contributed by atoms with Crippen LogP contribution >= 0.6 is 0 Å². The molecule has 0 spiro atoms. The molecule has 3 aromatic rings. The molecule has 0 radical (unpaired) electrons. The normalized spacial score (nSPS) is 12.0. The summed E-state index contributed by atoms with van der Waals surface area (Å²) in [4.78, 5) is 12.3. The van der Waals surface area contributed by atoms with Gasteiger partial charge in [0.15, 0.2) is 0 Å². The summed E-state index contributed by atoms with van der Waals surface area (Å²) in [6.45, 7) is 3.59. The van der Waals surface area contributed by atoms with Gasteiger partial charge >= 0.3 is 0 Å². The summed E-state index contributed by atoms with van der Waals surface area (Å²) in [6, 6.07) is 11.6. The smallest absolute Gasteiger partial charge is 0.251 e. The lowest BCUT2D eigenvalue weighted by atomic mass is 10.1. The molecule has 1 amide bonds. The SMILES string of the molecule is Cc1ccnn1-c1ccc(C(=O)N[C@@H](C)c2ccc(F)cc2F)cc1. The molecule has 1 atom stereocenters. The number of carbonyl (C=O) groups excluding carboxylic acids is 1. The van der Waals surface area contributed by atoms with Crippen LogP contribution in [-0.2, 0) is 0 Å². The Morgan fingerprint density at radius 2 is 1.84 bits per heavy atom. The first kappa shape index (κ1) is 16.8. The van der Waals surface area contributed by atoms with Crippen molar-refractivity contribution in [3.05, 3.63) is 83.2 Å². The molecule has 0 aliphatic rings. The highest BCUT2D eigenvalue weighted by molar-refractivity contribution is 5.94. The molecule has 0 saturated carbocycles. The van der Waals surface area contributed by atoms with Crippen LogP contribution < -0.4 is 5.32 Å². The average molecular weight is 341 g/mol. The fourth-order valence-electron chi connectivity index (χ4n) is 2.60. The Balaban J connectivity index is 1.74. The number of nitrogens with one attached hydrogen (secondary N) is 1. The minimum Gasteiger partial charge on any atom is -0.345 e. The molecular weight excluding hydrogens is 324 g/mol. The number of rotatable bonds is 4. The molecule has 25 heavy (non-hydrogen) atoms. The Labute approximate surface area is 144 Å². The van der Waals surface area contributed by atoms with E-state index in [1.165, 1.54) is 12.1 Å². The molecule has 1 aromatic heterocycles. The molecule has 0 unspecified atom stereocenters. The van der Waals surface area contributed by atoms with E-state index in [-0.39, 0.29) is 11.5 Å². The number of benzene rings is 2. The van der Waals surface area contributed by atoms with Crippen LogP contribution in [0.5, 0.6) is 0 Å². The van der Waals surface area contributed by atoms with Gasteiger partial charge < -0.3 is 5.32 Å². The number of carbonyl (C=O) groups is 1. The van der Waals surface area contributed by atoms with Crippen molar-refractivity contribution in [2.45, 2.75) is 19.9 Å². The summed E-state index contributed by atoms with van der Waals surface area (Å²) in [5, 5.41) is 6.92. The Morgan fingerprint density at radius 1 is 1.12 bits per heavy atom. The summed E-state index contributed by atoms with van der Waals surface area (Å²) in [5.41, 5.74) is 2.51. The molecule has 0 fully saturated rings. The first-order valence-electron chi connectivity index (χ1n) is 7.82. The number of aryl methyl sites for hydroxylation is 1. The van der Waals surface area contributed by atoms with E-state index >= 15 is 0 Å². The molecule has 0 saturated heterocycles. The molecule has 0 bridgehead atoms. The van der Waals surface area contributed by atoms with Gasteiger partial charge in [-0.3, -0.25) is 4.79 Å². The van der Waals surface area contributed by atoms with Crippen molar-refractivity contribution in [2.24, 2.45) is 0 Å². The lowest BCUT2D eigenvalue weighted by Crippen LogP contribution is -2.27. The second-order valence-electron chi connectivity index (χ2n) is 5.79. The van der Waals surface area contributed by atoms with Crippen LogP contribution in [0.1, 0.15) is 34.6 Å². The number of amides is 1. The molecular formula is C19H17F2N3O. The fourth-order valence-corrected chi connectivity index (χ4v) is 2.60. The third-order valence-corrected chi connectivity index (χ3v) is 3.98. The Hall–Kier alpha value is -3.02. The summed E-state index contributed by atoms with van der Waals surface area (Å²) < 4.78 is 28.5. The predicted octanol–water partition coefficient (Wildman–Crippen LogP) is 3.95. The number of hydrogen-bond donors (Lipinski definition) is 1. The van der Waals surface area contributed by atoms with E-state index in [1.807, 2.05) is 13.0 Å². The van der Waals surface area contributed by atoms with Crippen molar-refractivity contribution in [1.29, 1.82) is 0 Å². The number of nitrogens with zero attached hydrogens (tertiary/aromatic N) is 2. The topological polar surface area (TPSA) is 46.9 Å².